The van der Waals surface area contributed by atoms with E-state index in [1.54, 1.807) is 24.4 Å². The quantitative estimate of drug-likeness (QED) is 0.410. The Kier molecular flexibility index (Phi) is 3.36. The van der Waals surface area contributed by atoms with Crippen molar-refractivity contribution in [2.75, 3.05) is 0 Å². The molecule has 0 atom stereocenters. The minimum atomic E-state index is -2.37. The average molecular weight is 404 g/mol. The molecule has 1 fully saturated rings. The van der Waals surface area contributed by atoms with Gasteiger partial charge in [-0.25, -0.2) is 4.57 Å². The molecule has 1 heterocycles. The van der Waals surface area contributed by atoms with Gasteiger partial charge in [-0.1, -0.05) is 55.7 Å². The second-order valence-electron chi connectivity index (χ2n) is 8.99. The zero-order valence-corrected chi connectivity index (χ0v) is 17.9. The molecular weight excluding hydrogens is 362 g/mol. The van der Waals surface area contributed by atoms with Crippen molar-refractivity contribution in [2.24, 2.45) is 12.5 Å². The minimum Gasteiger partial charge on any atom is -0.201 e. The first-order chi connectivity index (χ1) is 17.3. The summed E-state index contributed by atoms with van der Waals surface area (Å²) in [7, 11) is 1.84. The first-order valence-electron chi connectivity index (χ1n) is 14.5. The summed E-state index contributed by atoms with van der Waals surface area (Å²) in [6.07, 6.45) is 2.75. The zero-order chi connectivity index (χ0) is 26.8. The van der Waals surface area contributed by atoms with Crippen molar-refractivity contribution in [1.29, 1.82) is 0 Å². The van der Waals surface area contributed by atoms with Crippen LogP contribution < -0.4 is 4.57 Å². The minimum absolute atomic E-state index is 0.147. The third-order valence-electron chi connectivity index (χ3n) is 6.85. The summed E-state index contributed by atoms with van der Waals surface area (Å²) in [5, 5.41) is 0. The number of rotatable bonds is 2. The lowest BCUT2D eigenvalue weighted by molar-refractivity contribution is -0.660. The van der Waals surface area contributed by atoms with E-state index in [0.717, 1.165) is 36.1 Å². The van der Waals surface area contributed by atoms with E-state index in [1.165, 1.54) is 0 Å². The van der Waals surface area contributed by atoms with Crippen LogP contribution in [-0.4, -0.2) is 0 Å². The van der Waals surface area contributed by atoms with Crippen LogP contribution in [0.4, 0.5) is 0 Å². The van der Waals surface area contributed by atoms with Crippen LogP contribution in [0.5, 0.6) is 0 Å². The molecule has 2 aliphatic rings. The largest absolute Gasteiger partial charge is 0.213 e. The van der Waals surface area contributed by atoms with Gasteiger partial charge in [-0.05, 0) is 85.1 Å². The molecule has 5 rings (SSSR count). The molecule has 1 aromatic heterocycles. The predicted octanol–water partition coefficient (Wildman–Crippen LogP) is 6.90. The van der Waals surface area contributed by atoms with Gasteiger partial charge >= 0.3 is 0 Å². The fourth-order valence-electron chi connectivity index (χ4n) is 5.11. The second-order valence-corrected chi connectivity index (χ2v) is 8.99. The number of aryl methyl sites for hydroxylation is 4. The summed E-state index contributed by atoms with van der Waals surface area (Å²) in [5.74, 6) is 0. The van der Waals surface area contributed by atoms with Crippen LogP contribution in [0.1, 0.15) is 70.4 Å². The van der Waals surface area contributed by atoms with Gasteiger partial charge in [0.25, 0.3) is 0 Å². The lowest BCUT2D eigenvalue weighted by atomic mass is 9.64. The van der Waals surface area contributed by atoms with Crippen LogP contribution in [-0.2, 0) is 19.8 Å². The van der Waals surface area contributed by atoms with E-state index in [9.17, 15) is 0 Å². The molecule has 30 heavy (non-hydrogen) atoms. The Labute approximate surface area is 191 Å². The number of hydrogen-bond acceptors (Lipinski definition) is 0. The number of nitrogens with zero attached hydrogens (tertiary/aromatic N) is 1. The van der Waals surface area contributed by atoms with Crippen LogP contribution in [0.15, 0.2) is 54.7 Å². The van der Waals surface area contributed by atoms with Gasteiger partial charge in [-0.2, -0.15) is 0 Å². The topological polar surface area (TPSA) is 3.88 Å². The monoisotopic (exact) mass is 403 g/mol. The Morgan fingerprint density at radius 1 is 0.900 bits per heavy atom. The number of fused-ring (bicyclic) bond motifs is 1. The zero-order valence-electron chi connectivity index (χ0n) is 24.9. The molecule has 3 aromatic rings. The normalized spacial score (nSPS) is 24.9. The van der Waals surface area contributed by atoms with Crippen molar-refractivity contribution in [3.8, 4) is 22.4 Å². The first kappa shape index (κ1) is 13.1. The van der Waals surface area contributed by atoms with Crippen LogP contribution >= 0.6 is 0 Å². The molecule has 1 spiro atoms. The van der Waals surface area contributed by atoms with E-state index in [-0.39, 0.29) is 12.0 Å². The Balaban J connectivity index is 1.72. The van der Waals surface area contributed by atoms with E-state index in [4.69, 9.17) is 9.60 Å². The van der Waals surface area contributed by atoms with Crippen molar-refractivity contribution < 1.29 is 14.2 Å². The maximum absolute atomic E-state index is 9.15. The van der Waals surface area contributed by atoms with E-state index < -0.39 is 25.0 Å². The molecule has 1 nitrogen and oxygen atoms in total. The Morgan fingerprint density at radius 2 is 1.73 bits per heavy atom. The summed E-state index contributed by atoms with van der Waals surface area (Å²) in [6, 6.07) is 15.0. The highest BCUT2D eigenvalue weighted by atomic mass is 14.9. The fourth-order valence-corrected chi connectivity index (χ4v) is 5.11. The Bertz CT molecular complexity index is 1350. The number of aromatic nitrogens is 1. The van der Waals surface area contributed by atoms with E-state index in [2.05, 4.69) is 0 Å². The van der Waals surface area contributed by atoms with Crippen molar-refractivity contribution >= 4 is 0 Å². The summed E-state index contributed by atoms with van der Waals surface area (Å²) in [6.45, 7) is -0.351. The Hall–Kier alpha value is -2.41. The third kappa shape index (κ3) is 3.49. The summed E-state index contributed by atoms with van der Waals surface area (Å²) >= 11 is 0. The van der Waals surface area contributed by atoms with Gasteiger partial charge in [-0.15, -0.1) is 0 Å². The molecule has 0 radical (unpaired) electrons. The Morgan fingerprint density at radius 3 is 2.53 bits per heavy atom. The standard InChI is InChI=1S/C29H34N/c1-21-9-5-6-10-26(21)28-18-27(22(2)20-30(28)3)24-11-12-25-19-29(14-7-4-8-15-29)16-13-23(25)17-24/h5-6,9-12,17-18,20H,4,7-8,13-16,19H2,1-3H3/q+1/i2D3,13D2,19D2. The molecule has 0 N–H and O–H groups in total. The lowest BCUT2D eigenvalue weighted by Crippen LogP contribution is -2.31. The molecule has 154 valence electrons. The smallest absolute Gasteiger partial charge is 0.201 e. The molecule has 0 saturated heterocycles. The number of hydrogen-bond donors (Lipinski definition) is 0. The van der Waals surface area contributed by atoms with Crippen LogP contribution in [0, 0.1) is 19.2 Å². The highest BCUT2D eigenvalue weighted by Crippen LogP contribution is 2.46. The maximum Gasteiger partial charge on any atom is 0.213 e. The van der Waals surface area contributed by atoms with E-state index in [1.807, 2.05) is 48.9 Å². The van der Waals surface area contributed by atoms with Crippen LogP contribution in [0.3, 0.4) is 0 Å². The van der Waals surface area contributed by atoms with Gasteiger partial charge in [0.1, 0.15) is 7.05 Å². The molecule has 1 saturated carbocycles. The summed E-state index contributed by atoms with van der Waals surface area (Å²) in [4.78, 5) is 0. The molecule has 0 amide bonds. The summed E-state index contributed by atoms with van der Waals surface area (Å²) in [5.41, 5.74) is 4.28. The first-order valence-corrected chi connectivity index (χ1v) is 11.0. The highest BCUT2D eigenvalue weighted by molar-refractivity contribution is 5.73. The van der Waals surface area contributed by atoms with Gasteiger partial charge in [-0.3, -0.25) is 0 Å². The highest BCUT2D eigenvalue weighted by Gasteiger charge is 2.35. The molecular formula is C29H34N+. The van der Waals surface area contributed by atoms with Gasteiger partial charge in [0.05, 0.1) is 0 Å². The van der Waals surface area contributed by atoms with Gasteiger partial charge in [0, 0.05) is 26.8 Å². The van der Waals surface area contributed by atoms with E-state index in [0.29, 0.717) is 35.1 Å². The number of benzene rings is 2. The molecule has 2 aliphatic carbocycles. The van der Waals surface area contributed by atoms with Gasteiger partial charge < -0.3 is 0 Å². The number of pyridine rings is 1. The van der Waals surface area contributed by atoms with Crippen molar-refractivity contribution in [3.05, 3.63) is 77.0 Å². The predicted molar refractivity (Wildman–Crippen MR) is 126 cm³/mol. The van der Waals surface area contributed by atoms with Gasteiger partial charge in [0.2, 0.25) is 5.69 Å². The lowest BCUT2D eigenvalue weighted by Gasteiger charge is -2.41. The van der Waals surface area contributed by atoms with Crippen molar-refractivity contribution in [3.63, 3.8) is 0 Å². The molecule has 1 heteroatoms. The van der Waals surface area contributed by atoms with Crippen LogP contribution in [0.25, 0.3) is 22.4 Å². The molecule has 0 unspecified atom stereocenters. The van der Waals surface area contributed by atoms with Crippen molar-refractivity contribution in [2.45, 2.75) is 65.0 Å². The summed E-state index contributed by atoms with van der Waals surface area (Å²) < 4.78 is 62.8. The van der Waals surface area contributed by atoms with Gasteiger partial charge in [0.15, 0.2) is 6.20 Å². The SMILES string of the molecule is [2H]C([2H])([2H])c1c[n+](C)c(-c2ccccc2C)cc1-c1ccc2c(c1)C([2H])([2H])CC1(CCCCC1)C2([2H])[2H]. The average Bonchev–Trinajstić information content (AvgIpc) is 2.83. The second kappa shape index (κ2) is 7.69. The van der Waals surface area contributed by atoms with E-state index >= 15 is 0 Å². The third-order valence-corrected chi connectivity index (χ3v) is 6.85. The van der Waals surface area contributed by atoms with Crippen LogP contribution in [0.2, 0.25) is 0 Å². The van der Waals surface area contributed by atoms with Crippen molar-refractivity contribution in [1.82, 2.24) is 0 Å². The fraction of sp³-hybridized carbons (Fsp3) is 0.414. The molecule has 0 bridgehead atoms. The molecule has 2 aromatic carbocycles. The molecule has 0 aliphatic heterocycles. The maximum atomic E-state index is 9.15.